The number of rotatable bonds is 2. The van der Waals surface area contributed by atoms with Gasteiger partial charge in [-0.1, -0.05) is 53.0 Å². The number of hydrogen-bond acceptors (Lipinski definition) is 3. The van der Waals surface area contributed by atoms with Crippen molar-refractivity contribution >= 4 is 51.9 Å². The molecule has 0 bridgehead atoms. The summed E-state index contributed by atoms with van der Waals surface area (Å²) in [6.07, 6.45) is 3.39. The smallest absolute Gasteiger partial charge is 0.343 e. The summed E-state index contributed by atoms with van der Waals surface area (Å²) in [7, 11) is 0. The number of aromatic nitrogens is 1. The number of halogens is 2. The number of fused-ring (bicyclic) bond motifs is 1. The fourth-order valence-corrected chi connectivity index (χ4v) is 3.14. The molecule has 0 unspecified atom stereocenters. The molecule has 0 N–H and O–H groups in total. The maximum atomic E-state index is 12.2. The maximum absolute atomic E-state index is 12.2. The fraction of sp³-hybridized carbons (Fsp3) is 0.0476. The van der Waals surface area contributed by atoms with Gasteiger partial charge in [-0.2, -0.15) is 0 Å². The van der Waals surface area contributed by atoms with E-state index in [0.717, 1.165) is 22.0 Å². The Hall–Kier alpha value is -2.62. The maximum Gasteiger partial charge on any atom is 0.343 e. The average molecular weight is 382 g/mol. The van der Waals surface area contributed by atoms with E-state index in [2.05, 4.69) is 4.98 Å². The van der Waals surface area contributed by atoms with Crippen LogP contribution < -0.4 is 0 Å². The Balaban J connectivity index is 1.75. The van der Waals surface area contributed by atoms with Gasteiger partial charge < -0.3 is 4.74 Å². The summed E-state index contributed by atoms with van der Waals surface area (Å²) in [4.78, 5) is 16.6. The first kappa shape index (κ1) is 16.8. The van der Waals surface area contributed by atoms with Crippen LogP contribution in [0.3, 0.4) is 0 Å². The van der Waals surface area contributed by atoms with Crippen LogP contribution in [0, 0.1) is 6.92 Å². The van der Waals surface area contributed by atoms with Crippen LogP contribution in [0.4, 0.5) is 0 Å². The molecule has 1 aromatic heterocycles. The lowest BCUT2D eigenvalue weighted by Crippen LogP contribution is -1.97. The van der Waals surface area contributed by atoms with Crippen LogP contribution in [0.15, 0.2) is 60.2 Å². The monoisotopic (exact) mass is 381 g/mol. The van der Waals surface area contributed by atoms with Crippen LogP contribution in [0.5, 0.6) is 0 Å². The predicted octanol–water partition coefficient (Wildman–Crippen LogP) is 5.83. The van der Waals surface area contributed by atoms with Crippen LogP contribution in [-0.4, -0.2) is 11.0 Å². The molecule has 0 atom stereocenters. The van der Waals surface area contributed by atoms with Crippen LogP contribution in [0.1, 0.15) is 16.7 Å². The van der Waals surface area contributed by atoms with Crippen LogP contribution >= 0.6 is 23.2 Å². The average Bonchev–Trinajstić information content (AvgIpc) is 2.97. The van der Waals surface area contributed by atoms with E-state index in [-0.39, 0.29) is 0 Å². The van der Waals surface area contributed by atoms with Crippen molar-refractivity contribution in [3.8, 4) is 0 Å². The molecule has 1 aliphatic rings. The van der Waals surface area contributed by atoms with E-state index in [4.69, 9.17) is 27.9 Å². The third-order valence-corrected chi connectivity index (χ3v) is 4.67. The van der Waals surface area contributed by atoms with Crippen molar-refractivity contribution in [1.82, 2.24) is 4.98 Å². The van der Waals surface area contributed by atoms with Gasteiger partial charge in [0.25, 0.3) is 0 Å². The molecule has 0 fully saturated rings. The highest BCUT2D eigenvalue weighted by Crippen LogP contribution is 2.30. The molecule has 26 heavy (non-hydrogen) atoms. The number of pyridine rings is 1. The number of carbonyl (C=O) groups excluding carboxylic acids is 1. The van der Waals surface area contributed by atoms with Crippen molar-refractivity contribution < 1.29 is 9.53 Å². The number of esters is 1. The molecule has 0 aliphatic carbocycles. The van der Waals surface area contributed by atoms with Crippen molar-refractivity contribution in [2.24, 2.45) is 0 Å². The number of hydrogen-bond donors (Lipinski definition) is 0. The van der Waals surface area contributed by atoms with Gasteiger partial charge in [-0.25, -0.2) is 9.78 Å². The van der Waals surface area contributed by atoms with Crippen molar-refractivity contribution in [3.63, 3.8) is 0 Å². The zero-order valence-corrected chi connectivity index (χ0v) is 15.3. The van der Waals surface area contributed by atoms with Gasteiger partial charge in [0.1, 0.15) is 10.9 Å². The number of nitrogens with zero attached hydrogens (tertiary/aromatic N) is 1. The molecular weight excluding hydrogens is 369 g/mol. The Morgan fingerprint density at radius 3 is 2.58 bits per heavy atom. The van der Waals surface area contributed by atoms with Gasteiger partial charge in [-0.05, 0) is 43.3 Å². The second-order valence-electron chi connectivity index (χ2n) is 6.07. The fourth-order valence-electron chi connectivity index (χ4n) is 2.76. The number of ether oxygens (including phenoxy) is 1. The third-order valence-electron chi connectivity index (χ3n) is 4.13. The van der Waals surface area contributed by atoms with Crippen molar-refractivity contribution in [1.29, 1.82) is 0 Å². The summed E-state index contributed by atoms with van der Waals surface area (Å²) in [5.74, 6) is 0.108. The highest BCUT2D eigenvalue weighted by molar-refractivity contribution is 6.32. The van der Waals surface area contributed by atoms with E-state index in [1.54, 1.807) is 24.3 Å². The lowest BCUT2D eigenvalue weighted by Gasteiger charge is -2.03. The molecule has 0 radical (unpaired) electrons. The predicted molar refractivity (Wildman–Crippen MR) is 105 cm³/mol. The SMILES string of the molecule is Cc1ccc(C2=C/C(=C/c3cc4cc(Cl)ccc4nc3Cl)C(=O)O2)cc1. The van der Waals surface area contributed by atoms with E-state index >= 15 is 0 Å². The molecule has 0 saturated carbocycles. The van der Waals surface area contributed by atoms with Gasteiger partial charge in [-0.15, -0.1) is 0 Å². The molecular formula is C21H13Cl2NO2. The largest absolute Gasteiger partial charge is 0.422 e. The highest BCUT2D eigenvalue weighted by atomic mass is 35.5. The van der Waals surface area contributed by atoms with Gasteiger partial charge in [0.2, 0.25) is 0 Å². The lowest BCUT2D eigenvalue weighted by molar-refractivity contribution is -0.130. The molecule has 2 heterocycles. The molecule has 5 heteroatoms. The quantitative estimate of drug-likeness (QED) is 0.318. The second kappa shape index (κ2) is 6.60. The highest BCUT2D eigenvalue weighted by Gasteiger charge is 2.22. The van der Waals surface area contributed by atoms with Gasteiger partial charge in [0.05, 0.1) is 11.1 Å². The summed E-state index contributed by atoms with van der Waals surface area (Å²) < 4.78 is 5.39. The summed E-state index contributed by atoms with van der Waals surface area (Å²) in [5, 5.41) is 1.78. The zero-order chi connectivity index (χ0) is 18.3. The standard InChI is InChI=1S/C21H13Cl2NO2/c1-12-2-4-13(5-3-12)19-11-16(21(25)26-19)9-15-8-14-10-17(22)6-7-18(14)24-20(15)23/h2-11H,1H3/b16-9-. The molecule has 1 aliphatic heterocycles. The lowest BCUT2D eigenvalue weighted by atomic mass is 10.1. The van der Waals surface area contributed by atoms with Gasteiger partial charge in [0.15, 0.2) is 0 Å². The Labute approximate surface area is 160 Å². The number of aryl methyl sites for hydroxylation is 1. The van der Waals surface area contributed by atoms with Gasteiger partial charge >= 0.3 is 5.97 Å². The van der Waals surface area contributed by atoms with E-state index in [9.17, 15) is 4.79 Å². The first-order chi connectivity index (χ1) is 12.5. The van der Waals surface area contributed by atoms with Crippen LogP contribution in [0.25, 0.3) is 22.7 Å². The van der Waals surface area contributed by atoms with E-state index < -0.39 is 5.97 Å². The summed E-state index contributed by atoms with van der Waals surface area (Å²) in [6.45, 7) is 2.01. The van der Waals surface area contributed by atoms with E-state index in [0.29, 0.717) is 27.1 Å². The van der Waals surface area contributed by atoms with E-state index in [1.807, 2.05) is 43.3 Å². The molecule has 4 rings (SSSR count). The minimum absolute atomic E-state index is 0.317. The Bertz CT molecular complexity index is 1100. The minimum Gasteiger partial charge on any atom is -0.422 e. The zero-order valence-electron chi connectivity index (χ0n) is 13.8. The number of carbonyl (C=O) groups is 1. The summed E-state index contributed by atoms with van der Waals surface area (Å²) >= 11 is 12.3. The van der Waals surface area contributed by atoms with Crippen LogP contribution in [-0.2, 0) is 9.53 Å². The van der Waals surface area contributed by atoms with E-state index in [1.165, 1.54) is 0 Å². The number of cyclic esters (lactones) is 1. The molecule has 3 nitrogen and oxygen atoms in total. The van der Waals surface area contributed by atoms with Gasteiger partial charge in [-0.3, -0.25) is 0 Å². The van der Waals surface area contributed by atoms with Crippen LogP contribution in [0.2, 0.25) is 10.2 Å². The first-order valence-electron chi connectivity index (χ1n) is 7.98. The van der Waals surface area contributed by atoms with Gasteiger partial charge in [0, 0.05) is 21.5 Å². The summed E-state index contributed by atoms with van der Waals surface area (Å²) in [6, 6.07) is 15.0. The molecule has 0 saturated heterocycles. The van der Waals surface area contributed by atoms with Crippen molar-refractivity contribution in [3.05, 3.63) is 87.0 Å². The summed E-state index contributed by atoms with van der Waals surface area (Å²) in [5.41, 5.74) is 3.79. The topological polar surface area (TPSA) is 39.2 Å². The normalized spacial score (nSPS) is 15.4. The molecule has 3 aromatic rings. The Kier molecular flexibility index (Phi) is 4.27. The van der Waals surface area contributed by atoms with Crippen molar-refractivity contribution in [2.75, 3.05) is 0 Å². The Morgan fingerprint density at radius 2 is 1.81 bits per heavy atom. The molecule has 2 aromatic carbocycles. The van der Waals surface area contributed by atoms with Crippen molar-refractivity contribution in [2.45, 2.75) is 6.92 Å². The first-order valence-corrected chi connectivity index (χ1v) is 8.73. The molecule has 128 valence electrons. The third kappa shape index (κ3) is 3.24. The molecule has 0 spiro atoms. The molecule has 0 amide bonds. The Morgan fingerprint density at radius 1 is 1.04 bits per heavy atom. The second-order valence-corrected chi connectivity index (χ2v) is 6.86. The minimum atomic E-state index is -0.414. The number of benzene rings is 2.